The molecule has 0 amide bonds. The van der Waals surface area contributed by atoms with E-state index in [1.165, 1.54) is 36.8 Å². The molecule has 4 heteroatoms. The summed E-state index contributed by atoms with van der Waals surface area (Å²) >= 11 is 3.62. The van der Waals surface area contributed by atoms with Gasteiger partial charge in [-0.15, -0.1) is 0 Å². The Kier molecular flexibility index (Phi) is 6.52. The molecule has 0 fully saturated rings. The molecule has 0 bridgehead atoms. The quantitative estimate of drug-likeness (QED) is 0.548. The van der Waals surface area contributed by atoms with Crippen molar-refractivity contribution in [3.63, 3.8) is 0 Å². The third-order valence-corrected chi connectivity index (χ3v) is 4.83. The van der Waals surface area contributed by atoms with E-state index in [1.807, 2.05) is 0 Å². The highest BCUT2D eigenvalue weighted by molar-refractivity contribution is 9.10. The molecular weight excluding hydrogens is 328 g/mol. The normalized spacial score (nSPS) is 15.1. The van der Waals surface area contributed by atoms with Crippen LogP contribution in [0.1, 0.15) is 50.7 Å². The molecule has 0 spiro atoms. The summed E-state index contributed by atoms with van der Waals surface area (Å²) in [6, 6.07) is 4.67. The monoisotopic (exact) mass is 354 g/mol. The van der Waals surface area contributed by atoms with Crippen LogP contribution < -0.4 is 16.0 Å². The van der Waals surface area contributed by atoms with Gasteiger partial charge in [-0.05, 0) is 48.4 Å². The molecule has 21 heavy (non-hydrogen) atoms. The number of hydrogen-bond acceptors (Lipinski definition) is 3. The van der Waals surface area contributed by atoms with E-state index in [0.717, 1.165) is 29.7 Å². The van der Waals surface area contributed by atoms with E-state index in [4.69, 9.17) is 10.6 Å². The van der Waals surface area contributed by atoms with Crippen molar-refractivity contribution in [2.24, 2.45) is 11.8 Å². The summed E-state index contributed by atoms with van der Waals surface area (Å²) in [4.78, 5) is 0. The Morgan fingerprint density at radius 3 is 2.62 bits per heavy atom. The predicted molar refractivity (Wildman–Crippen MR) is 91.5 cm³/mol. The second-order valence-electron chi connectivity index (χ2n) is 5.97. The van der Waals surface area contributed by atoms with Crippen LogP contribution in [-0.4, -0.2) is 12.6 Å². The lowest BCUT2D eigenvalue weighted by molar-refractivity contribution is 0.305. The van der Waals surface area contributed by atoms with Gasteiger partial charge in [0.1, 0.15) is 5.75 Å². The van der Waals surface area contributed by atoms with Gasteiger partial charge in [-0.1, -0.05) is 42.6 Å². The molecule has 0 saturated heterocycles. The topological polar surface area (TPSA) is 47.3 Å². The van der Waals surface area contributed by atoms with Gasteiger partial charge < -0.3 is 4.74 Å². The van der Waals surface area contributed by atoms with Crippen LogP contribution in [0.15, 0.2) is 16.6 Å². The molecule has 2 rings (SSSR count). The highest BCUT2D eigenvalue weighted by Crippen LogP contribution is 2.34. The Balaban J connectivity index is 2.18. The summed E-state index contributed by atoms with van der Waals surface area (Å²) in [5.41, 5.74) is 5.65. The van der Waals surface area contributed by atoms with Crippen molar-refractivity contribution in [2.75, 3.05) is 6.61 Å². The average molecular weight is 355 g/mol. The molecule has 0 radical (unpaired) electrons. The Morgan fingerprint density at radius 1 is 1.29 bits per heavy atom. The number of benzene rings is 1. The lowest BCUT2D eigenvalue weighted by Gasteiger charge is -2.27. The largest absolute Gasteiger partial charge is 0.493 e. The van der Waals surface area contributed by atoms with Crippen molar-refractivity contribution < 1.29 is 4.74 Å². The van der Waals surface area contributed by atoms with Crippen LogP contribution in [0.5, 0.6) is 5.75 Å². The van der Waals surface area contributed by atoms with Crippen molar-refractivity contribution in [3.05, 3.63) is 27.7 Å². The minimum Gasteiger partial charge on any atom is -0.493 e. The third kappa shape index (κ3) is 4.21. The molecule has 3 nitrogen and oxygen atoms in total. The lowest BCUT2D eigenvalue weighted by atomic mass is 9.86. The average Bonchev–Trinajstić information content (AvgIpc) is 2.92. The van der Waals surface area contributed by atoms with Crippen molar-refractivity contribution in [3.8, 4) is 5.75 Å². The van der Waals surface area contributed by atoms with Gasteiger partial charge in [-0.2, -0.15) is 0 Å². The molecule has 3 N–H and O–H groups in total. The fraction of sp³-hybridized carbons (Fsp3) is 0.647. The number of hydrogen-bond donors (Lipinski definition) is 2. The van der Waals surface area contributed by atoms with Crippen LogP contribution in [0.25, 0.3) is 0 Å². The SMILES string of the molecule is CCCC(CCC)C(Cc1cc(Br)cc2c1OCC2)NN. The van der Waals surface area contributed by atoms with Crippen molar-refractivity contribution >= 4 is 15.9 Å². The van der Waals surface area contributed by atoms with Crippen molar-refractivity contribution in [1.82, 2.24) is 5.43 Å². The zero-order valence-corrected chi connectivity index (χ0v) is 14.7. The maximum Gasteiger partial charge on any atom is 0.125 e. The lowest BCUT2D eigenvalue weighted by Crippen LogP contribution is -2.42. The maximum absolute atomic E-state index is 5.86. The van der Waals surface area contributed by atoms with E-state index in [-0.39, 0.29) is 0 Å². The fourth-order valence-electron chi connectivity index (χ4n) is 3.38. The Labute approximate surface area is 136 Å². The molecule has 1 unspecified atom stereocenters. The molecule has 1 aromatic rings. The van der Waals surface area contributed by atoms with Gasteiger partial charge in [0.2, 0.25) is 0 Å². The van der Waals surface area contributed by atoms with Gasteiger partial charge >= 0.3 is 0 Å². The summed E-state index contributed by atoms with van der Waals surface area (Å²) in [5.74, 6) is 7.58. The van der Waals surface area contributed by atoms with E-state index in [9.17, 15) is 0 Å². The zero-order valence-electron chi connectivity index (χ0n) is 13.1. The summed E-state index contributed by atoms with van der Waals surface area (Å²) in [6.07, 6.45) is 6.80. The first-order chi connectivity index (χ1) is 10.2. The zero-order chi connectivity index (χ0) is 15.2. The minimum absolute atomic E-state index is 0.312. The highest BCUT2D eigenvalue weighted by Gasteiger charge is 2.24. The second kappa shape index (κ2) is 8.16. The fourth-order valence-corrected chi connectivity index (χ4v) is 3.94. The van der Waals surface area contributed by atoms with Crippen molar-refractivity contribution in [1.29, 1.82) is 0 Å². The van der Waals surface area contributed by atoms with E-state index >= 15 is 0 Å². The number of nitrogens with one attached hydrogen (secondary N) is 1. The minimum atomic E-state index is 0.312. The van der Waals surface area contributed by atoms with Crippen LogP contribution in [0.3, 0.4) is 0 Å². The van der Waals surface area contributed by atoms with Crippen LogP contribution in [0.4, 0.5) is 0 Å². The summed E-state index contributed by atoms with van der Waals surface area (Å²) in [6.45, 7) is 5.29. The number of ether oxygens (including phenoxy) is 1. The van der Waals surface area contributed by atoms with Gasteiger partial charge in [0.25, 0.3) is 0 Å². The Hall–Kier alpha value is -0.580. The predicted octanol–water partition coefficient (Wildman–Crippen LogP) is 3.97. The Morgan fingerprint density at radius 2 is 2.00 bits per heavy atom. The van der Waals surface area contributed by atoms with Gasteiger partial charge in [-0.3, -0.25) is 11.3 Å². The first-order valence-corrected chi connectivity index (χ1v) is 8.89. The first kappa shape index (κ1) is 16.8. The molecule has 1 aliphatic rings. The van der Waals surface area contributed by atoms with Crippen LogP contribution >= 0.6 is 15.9 Å². The van der Waals surface area contributed by atoms with E-state index in [2.05, 4.69) is 47.3 Å². The molecule has 1 atom stereocenters. The van der Waals surface area contributed by atoms with E-state index in [0.29, 0.717) is 12.0 Å². The number of fused-ring (bicyclic) bond motifs is 1. The standard InChI is InChI=1S/C17H27BrN2O/c1-3-5-12(6-4-2)16(20-19)11-14-10-15(18)9-13-7-8-21-17(13)14/h9-10,12,16,20H,3-8,11,19H2,1-2H3. The smallest absolute Gasteiger partial charge is 0.125 e. The Bertz CT molecular complexity index is 458. The van der Waals surface area contributed by atoms with Crippen LogP contribution in [0, 0.1) is 5.92 Å². The van der Waals surface area contributed by atoms with E-state index in [1.54, 1.807) is 0 Å². The molecule has 0 saturated carbocycles. The number of rotatable bonds is 8. The second-order valence-corrected chi connectivity index (χ2v) is 6.88. The van der Waals surface area contributed by atoms with E-state index < -0.39 is 0 Å². The van der Waals surface area contributed by atoms with Gasteiger partial charge in [0.05, 0.1) is 6.61 Å². The van der Waals surface area contributed by atoms with Gasteiger partial charge in [0.15, 0.2) is 0 Å². The van der Waals surface area contributed by atoms with Crippen LogP contribution in [0.2, 0.25) is 0 Å². The number of hydrazine groups is 1. The maximum atomic E-state index is 5.86. The molecule has 0 aromatic heterocycles. The van der Waals surface area contributed by atoms with Gasteiger partial charge in [0, 0.05) is 16.9 Å². The summed E-state index contributed by atoms with van der Waals surface area (Å²) < 4.78 is 6.98. The highest BCUT2D eigenvalue weighted by atomic mass is 79.9. The summed E-state index contributed by atoms with van der Waals surface area (Å²) in [7, 11) is 0. The van der Waals surface area contributed by atoms with Gasteiger partial charge in [-0.25, -0.2) is 0 Å². The molecule has 1 aromatic carbocycles. The molecular formula is C17H27BrN2O. The van der Waals surface area contributed by atoms with Crippen LogP contribution in [-0.2, 0) is 12.8 Å². The first-order valence-electron chi connectivity index (χ1n) is 8.09. The molecule has 118 valence electrons. The molecule has 0 aliphatic carbocycles. The molecule has 1 aliphatic heterocycles. The third-order valence-electron chi connectivity index (χ3n) is 4.37. The number of halogens is 1. The molecule has 1 heterocycles. The summed E-state index contributed by atoms with van der Waals surface area (Å²) in [5, 5.41) is 0. The van der Waals surface area contributed by atoms with Crippen molar-refractivity contribution in [2.45, 2.75) is 58.4 Å². The number of nitrogens with two attached hydrogens (primary N) is 1.